The Balaban J connectivity index is 2.19. The molecular formula is C15H11F2NO2. The molecule has 0 saturated heterocycles. The van der Waals surface area contributed by atoms with Crippen molar-refractivity contribution in [3.63, 3.8) is 0 Å². The highest BCUT2D eigenvalue weighted by Gasteiger charge is 2.18. The summed E-state index contributed by atoms with van der Waals surface area (Å²) in [5.41, 5.74) is 1.09. The van der Waals surface area contributed by atoms with Gasteiger partial charge in [-0.2, -0.15) is 0 Å². The van der Waals surface area contributed by atoms with Crippen molar-refractivity contribution in [1.29, 1.82) is 0 Å². The lowest BCUT2D eigenvalue weighted by atomic mass is 10.1. The van der Waals surface area contributed by atoms with E-state index in [0.717, 1.165) is 17.7 Å². The molecule has 2 rings (SSSR count). The van der Waals surface area contributed by atoms with Crippen LogP contribution >= 0.6 is 0 Å². The number of amides is 1. The number of hydrogen-bond donors (Lipinski definition) is 1. The number of carbonyl (C=O) groups excluding carboxylic acids is 2. The van der Waals surface area contributed by atoms with Gasteiger partial charge in [-0.1, -0.05) is 18.2 Å². The average molecular weight is 275 g/mol. The average Bonchev–Trinajstić information content (AvgIpc) is 2.43. The summed E-state index contributed by atoms with van der Waals surface area (Å²) in [6.45, 7) is 1.78. The van der Waals surface area contributed by atoms with E-state index < -0.39 is 23.3 Å². The van der Waals surface area contributed by atoms with Gasteiger partial charge in [0, 0.05) is 11.3 Å². The number of aryl methyl sites for hydroxylation is 1. The van der Waals surface area contributed by atoms with E-state index in [1.54, 1.807) is 31.2 Å². The van der Waals surface area contributed by atoms with E-state index in [2.05, 4.69) is 5.32 Å². The lowest BCUT2D eigenvalue weighted by molar-refractivity contribution is -0.112. The molecule has 0 radical (unpaired) electrons. The first-order valence-corrected chi connectivity index (χ1v) is 5.85. The Morgan fingerprint density at radius 2 is 1.70 bits per heavy atom. The molecule has 0 spiro atoms. The fourth-order valence-corrected chi connectivity index (χ4v) is 1.66. The highest BCUT2D eigenvalue weighted by atomic mass is 19.2. The third-order valence-corrected chi connectivity index (χ3v) is 2.78. The van der Waals surface area contributed by atoms with Crippen molar-refractivity contribution in [2.75, 3.05) is 5.32 Å². The highest BCUT2D eigenvalue weighted by molar-refractivity contribution is 6.46. The number of ketones is 1. The molecule has 0 aliphatic carbocycles. The lowest BCUT2D eigenvalue weighted by Crippen LogP contribution is -2.23. The molecule has 0 atom stereocenters. The Morgan fingerprint density at radius 1 is 1.00 bits per heavy atom. The third kappa shape index (κ3) is 2.88. The molecule has 102 valence electrons. The van der Waals surface area contributed by atoms with E-state index in [0.29, 0.717) is 11.8 Å². The van der Waals surface area contributed by atoms with E-state index in [4.69, 9.17) is 0 Å². The number of nitrogens with one attached hydrogen (secondary N) is 1. The van der Waals surface area contributed by atoms with Crippen molar-refractivity contribution in [1.82, 2.24) is 0 Å². The van der Waals surface area contributed by atoms with Crippen LogP contribution in [0.15, 0.2) is 42.5 Å². The molecule has 0 fully saturated rings. The molecule has 2 aromatic carbocycles. The molecular weight excluding hydrogens is 264 g/mol. The predicted molar refractivity (Wildman–Crippen MR) is 70.5 cm³/mol. The number of para-hydroxylation sites is 1. The van der Waals surface area contributed by atoms with Crippen molar-refractivity contribution >= 4 is 17.4 Å². The molecule has 0 aromatic heterocycles. The third-order valence-electron chi connectivity index (χ3n) is 2.78. The van der Waals surface area contributed by atoms with Crippen LogP contribution in [0.1, 0.15) is 15.9 Å². The molecule has 0 aliphatic heterocycles. The Bertz CT molecular complexity index is 683. The van der Waals surface area contributed by atoms with Gasteiger partial charge >= 0.3 is 0 Å². The van der Waals surface area contributed by atoms with Crippen LogP contribution in [0.2, 0.25) is 0 Å². The minimum atomic E-state index is -1.17. The maximum Gasteiger partial charge on any atom is 0.296 e. The first-order valence-electron chi connectivity index (χ1n) is 5.85. The number of anilines is 1. The minimum Gasteiger partial charge on any atom is -0.319 e. The molecule has 5 heteroatoms. The van der Waals surface area contributed by atoms with Gasteiger partial charge in [0.05, 0.1) is 0 Å². The molecule has 3 nitrogen and oxygen atoms in total. The summed E-state index contributed by atoms with van der Waals surface area (Å²) in [7, 11) is 0. The number of halogens is 2. The summed E-state index contributed by atoms with van der Waals surface area (Å²) in [4.78, 5) is 23.6. The van der Waals surface area contributed by atoms with Gasteiger partial charge in [0.1, 0.15) is 0 Å². The van der Waals surface area contributed by atoms with Crippen LogP contribution in [0.25, 0.3) is 0 Å². The van der Waals surface area contributed by atoms with Gasteiger partial charge in [0.15, 0.2) is 11.6 Å². The smallest absolute Gasteiger partial charge is 0.296 e. The Hall–Kier alpha value is -2.56. The van der Waals surface area contributed by atoms with Crippen LogP contribution < -0.4 is 5.32 Å². The topological polar surface area (TPSA) is 46.2 Å². The van der Waals surface area contributed by atoms with Gasteiger partial charge in [-0.3, -0.25) is 9.59 Å². The van der Waals surface area contributed by atoms with E-state index in [1.165, 1.54) is 0 Å². The Labute approximate surface area is 114 Å². The number of hydrogen-bond acceptors (Lipinski definition) is 2. The zero-order chi connectivity index (χ0) is 14.7. The molecule has 1 N–H and O–H groups in total. The Morgan fingerprint density at radius 3 is 2.35 bits per heavy atom. The molecule has 0 saturated carbocycles. The standard InChI is InChI=1S/C15H11F2NO2/c1-9-4-2-3-5-13(9)18-15(20)14(19)10-6-7-11(16)12(17)8-10/h2-8H,1H3,(H,18,20). The van der Waals surface area contributed by atoms with E-state index in [1.807, 2.05) is 0 Å². The van der Waals surface area contributed by atoms with Gasteiger partial charge < -0.3 is 5.32 Å². The van der Waals surface area contributed by atoms with Crippen LogP contribution in [0, 0.1) is 18.6 Å². The van der Waals surface area contributed by atoms with Crippen LogP contribution in [-0.2, 0) is 4.79 Å². The van der Waals surface area contributed by atoms with Crippen LogP contribution in [0.4, 0.5) is 14.5 Å². The van der Waals surface area contributed by atoms with Gasteiger partial charge in [0.2, 0.25) is 0 Å². The molecule has 20 heavy (non-hydrogen) atoms. The van der Waals surface area contributed by atoms with Crippen molar-refractivity contribution in [3.8, 4) is 0 Å². The van der Waals surface area contributed by atoms with Crippen LogP contribution in [0.5, 0.6) is 0 Å². The first kappa shape index (κ1) is 13.9. The SMILES string of the molecule is Cc1ccccc1NC(=O)C(=O)c1ccc(F)c(F)c1. The molecule has 0 aliphatic rings. The summed E-state index contributed by atoms with van der Waals surface area (Å²) in [5, 5.41) is 2.44. The van der Waals surface area contributed by atoms with Crippen molar-refractivity contribution in [2.24, 2.45) is 0 Å². The number of carbonyl (C=O) groups is 2. The largest absolute Gasteiger partial charge is 0.319 e. The predicted octanol–water partition coefficient (Wildman–Crippen LogP) is 3.09. The quantitative estimate of drug-likeness (QED) is 0.691. The second kappa shape index (κ2) is 5.61. The fraction of sp³-hybridized carbons (Fsp3) is 0.0667. The van der Waals surface area contributed by atoms with Gasteiger partial charge in [-0.25, -0.2) is 8.78 Å². The Kier molecular flexibility index (Phi) is 3.89. The minimum absolute atomic E-state index is 0.199. The van der Waals surface area contributed by atoms with Crippen LogP contribution in [-0.4, -0.2) is 11.7 Å². The van der Waals surface area contributed by atoms with Crippen LogP contribution in [0.3, 0.4) is 0 Å². The summed E-state index contributed by atoms with van der Waals surface area (Å²) in [5.74, 6) is -4.06. The van der Waals surface area contributed by atoms with Crippen molar-refractivity contribution < 1.29 is 18.4 Å². The molecule has 1 amide bonds. The highest BCUT2D eigenvalue weighted by Crippen LogP contribution is 2.14. The molecule has 0 bridgehead atoms. The summed E-state index contributed by atoms with van der Waals surface area (Å²) < 4.78 is 25.8. The normalized spacial score (nSPS) is 10.2. The summed E-state index contributed by atoms with van der Waals surface area (Å²) in [6, 6.07) is 9.51. The second-order valence-corrected chi connectivity index (χ2v) is 4.23. The molecule has 2 aromatic rings. The fourth-order valence-electron chi connectivity index (χ4n) is 1.66. The maximum atomic E-state index is 13.0. The number of rotatable bonds is 3. The van der Waals surface area contributed by atoms with Gasteiger partial charge in [0.25, 0.3) is 11.7 Å². The van der Waals surface area contributed by atoms with E-state index in [9.17, 15) is 18.4 Å². The number of Topliss-reactive ketones (excluding diaryl/α,β-unsaturated/α-hetero) is 1. The van der Waals surface area contributed by atoms with Crippen molar-refractivity contribution in [3.05, 3.63) is 65.2 Å². The monoisotopic (exact) mass is 275 g/mol. The van der Waals surface area contributed by atoms with E-state index >= 15 is 0 Å². The number of benzene rings is 2. The molecule has 0 unspecified atom stereocenters. The second-order valence-electron chi connectivity index (χ2n) is 4.23. The first-order chi connectivity index (χ1) is 9.49. The lowest BCUT2D eigenvalue weighted by Gasteiger charge is -2.07. The summed E-state index contributed by atoms with van der Waals surface area (Å²) in [6.07, 6.45) is 0. The summed E-state index contributed by atoms with van der Waals surface area (Å²) >= 11 is 0. The molecule has 0 heterocycles. The van der Waals surface area contributed by atoms with Crippen molar-refractivity contribution in [2.45, 2.75) is 6.92 Å². The zero-order valence-corrected chi connectivity index (χ0v) is 10.6. The maximum absolute atomic E-state index is 13.0. The van der Waals surface area contributed by atoms with E-state index in [-0.39, 0.29) is 5.56 Å². The van der Waals surface area contributed by atoms with Gasteiger partial charge in [-0.15, -0.1) is 0 Å². The van der Waals surface area contributed by atoms with Gasteiger partial charge in [-0.05, 0) is 36.8 Å². The zero-order valence-electron chi connectivity index (χ0n) is 10.6.